The Balaban J connectivity index is 1.39. The number of likely N-dealkylation sites (tertiary alicyclic amines) is 1. The number of rotatable bonds is 8. The molecule has 0 bridgehead atoms. The number of anilines is 1. The molecular weight excluding hydrogens is 388 g/mol. The summed E-state index contributed by atoms with van der Waals surface area (Å²) in [7, 11) is 0. The molecule has 7 nitrogen and oxygen atoms in total. The average molecular weight is 415 g/mol. The molecule has 1 unspecified atom stereocenters. The maximum Gasteiger partial charge on any atom is 0.265 e. The van der Waals surface area contributed by atoms with Crippen LogP contribution in [0.2, 0.25) is 0 Å². The van der Waals surface area contributed by atoms with Crippen LogP contribution in [0.1, 0.15) is 39.3 Å². The summed E-state index contributed by atoms with van der Waals surface area (Å²) >= 11 is 1.38. The highest BCUT2D eigenvalue weighted by atomic mass is 32.1. The lowest BCUT2D eigenvalue weighted by Gasteiger charge is -2.31. The van der Waals surface area contributed by atoms with Crippen molar-refractivity contribution >= 4 is 34.7 Å². The second-order valence-electron chi connectivity index (χ2n) is 7.16. The van der Waals surface area contributed by atoms with Gasteiger partial charge in [0.1, 0.15) is 0 Å². The van der Waals surface area contributed by atoms with E-state index in [4.69, 9.17) is 5.73 Å². The van der Waals surface area contributed by atoms with Gasteiger partial charge in [-0.2, -0.15) is 0 Å². The van der Waals surface area contributed by atoms with Crippen molar-refractivity contribution in [2.24, 2.45) is 11.7 Å². The number of hydrogen-bond acceptors (Lipinski definition) is 5. The predicted molar refractivity (Wildman–Crippen MR) is 114 cm³/mol. The fourth-order valence-corrected chi connectivity index (χ4v) is 4.02. The smallest absolute Gasteiger partial charge is 0.265 e. The van der Waals surface area contributed by atoms with Crippen molar-refractivity contribution in [2.45, 2.75) is 19.3 Å². The first-order valence-corrected chi connectivity index (χ1v) is 10.7. The van der Waals surface area contributed by atoms with Gasteiger partial charge in [0.25, 0.3) is 11.8 Å². The van der Waals surface area contributed by atoms with E-state index in [9.17, 15) is 14.4 Å². The van der Waals surface area contributed by atoms with Gasteiger partial charge < -0.3 is 21.3 Å². The number of nitrogens with zero attached hydrogens (tertiary/aromatic N) is 1. The van der Waals surface area contributed by atoms with Crippen molar-refractivity contribution in [1.82, 2.24) is 10.2 Å². The number of hydrogen-bond donors (Lipinski definition) is 3. The molecule has 0 aliphatic carbocycles. The molecule has 29 heavy (non-hydrogen) atoms. The molecule has 2 heterocycles. The molecule has 8 heteroatoms. The molecule has 1 aromatic carbocycles. The van der Waals surface area contributed by atoms with Crippen LogP contribution in [-0.4, -0.2) is 48.8 Å². The number of nitrogens with one attached hydrogen (secondary N) is 2. The predicted octanol–water partition coefficient (Wildman–Crippen LogP) is 2.32. The third-order valence-electron chi connectivity index (χ3n) is 4.99. The molecule has 4 N–H and O–H groups in total. The van der Waals surface area contributed by atoms with Crippen LogP contribution >= 0.6 is 11.3 Å². The molecule has 1 atom stereocenters. The summed E-state index contributed by atoms with van der Waals surface area (Å²) in [6, 6.07) is 10.4. The number of carbonyl (C=O) groups is 3. The topological polar surface area (TPSA) is 105 Å². The molecule has 2 aromatic rings. The van der Waals surface area contributed by atoms with Gasteiger partial charge in [-0.3, -0.25) is 14.4 Å². The average Bonchev–Trinajstić information content (AvgIpc) is 3.27. The largest absolute Gasteiger partial charge is 0.369 e. The van der Waals surface area contributed by atoms with Crippen LogP contribution in [0.4, 0.5) is 5.69 Å². The zero-order valence-corrected chi connectivity index (χ0v) is 17.0. The van der Waals surface area contributed by atoms with Crippen molar-refractivity contribution in [3.05, 3.63) is 52.2 Å². The van der Waals surface area contributed by atoms with E-state index < -0.39 is 0 Å². The highest BCUT2D eigenvalue weighted by molar-refractivity contribution is 7.12. The van der Waals surface area contributed by atoms with Crippen molar-refractivity contribution in [3.63, 3.8) is 0 Å². The molecule has 1 aliphatic heterocycles. The van der Waals surface area contributed by atoms with Gasteiger partial charge in [-0.25, -0.2) is 0 Å². The molecule has 3 amide bonds. The number of thiophene rings is 1. The standard InChI is InChI=1S/C21H26N4O3S/c22-19(26)16-4-1-11-25(14-16)12-3-10-23-20(27)15-6-8-17(9-7-15)24-21(28)18-5-2-13-29-18/h2,5-9,13,16H,1,3-4,10-12,14H2,(H2,22,26)(H,23,27)(H,24,28). The van der Waals surface area contributed by atoms with Gasteiger partial charge in [-0.1, -0.05) is 6.07 Å². The number of amides is 3. The highest BCUT2D eigenvalue weighted by Crippen LogP contribution is 2.16. The van der Waals surface area contributed by atoms with E-state index in [2.05, 4.69) is 15.5 Å². The second-order valence-corrected chi connectivity index (χ2v) is 8.11. The van der Waals surface area contributed by atoms with Crippen molar-refractivity contribution in [3.8, 4) is 0 Å². The van der Waals surface area contributed by atoms with Crippen LogP contribution in [0.25, 0.3) is 0 Å². The Morgan fingerprint density at radius 3 is 2.62 bits per heavy atom. The number of nitrogens with two attached hydrogens (primary N) is 1. The summed E-state index contributed by atoms with van der Waals surface area (Å²) < 4.78 is 0. The lowest BCUT2D eigenvalue weighted by atomic mass is 9.97. The first kappa shape index (κ1) is 21.0. The minimum absolute atomic E-state index is 0.0582. The van der Waals surface area contributed by atoms with Gasteiger partial charge in [0.15, 0.2) is 0 Å². The molecule has 1 aromatic heterocycles. The maximum atomic E-state index is 12.3. The van der Waals surface area contributed by atoms with Crippen LogP contribution < -0.4 is 16.4 Å². The summed E-state index contributed by atoms with van der Waals surface area (Å²) in [5, 5.41) is 7.58. The Labute approximate surface area is 174 Å². The van der Waals surface area contributed by atoms with Crippen LogP contribution in [-0.2, 0) is 4.79 Å². The summed E-state index contributed by atoms with van der Waals surface area (Å²) in [5.74, 6) is -0.585. The summed E-state index contributed by atoms with van der Waals surface area (Å²) in [6.07, 6.45) is 2.66. The normalized spacial score (nSPS) is 16.9. The molecule has 154 valence electrons. The van der Waals surface area contributed by atoms with E-state index in [1.165, 1.54) is 11.3 Å². The maximum absolute atomic E-state index is 12.3. The van der Waals surface area contributed by atoms with Crippen LogP contribution in [0.15, 0.2) is 41.8 Å². The lowest BCUT2D eigenvalue weighted by Crippen LogP contribution is -2.42. The van der Waals surface area contributed by atoms with Gasteiger partial charge in [-0.15, -0.1) is 11.3 Å². The Morgan fingerprint density at radius 1 is 1.14 bits per heavy atom. The van der Waals surface area contributed by atoms with E-state index in [-0.39, 0.29) is 23.6 Å². The quantitative estimate of drug-likeness (QED) is 0.577. The fourth-order valence-electron chi connectivity index (χ4n) is 3.40. The van der Waals surface area contributed by atoms with Gasteiger partial charge in [-0.05, 0) is 68.1 Å². The van der Waals surface area contributed by atoms with E-state index in [0.29, 0.717) is 29.2 Å². The molecule has 1 saturated heterocycles. The van der Waals surface area contributed by atoms with Crippen LogP contribution in [0, 0.1) is 5.92 Å². The molecule has 1 aliphatic rings. The van der Waals surface area contributed by atoms with E-state index >= 15 is 0 Å². The third-order valence-corrected chi connectivity index (χ3v) is 5.86. The minimum atomic E-state index is -0.224. The summed E-state index contributed by atoms with van der Waals surface area (Å²) in [5.41, 5.74) is 6.60. The van der Waals surface area contributed by atoms with Gasteiger partial charge >= 0.3 is 0 Å². The summed E-state index contributed by atoms with van der Waals surface area (Å²) in [4.78, 5) is 38.5. The first-order chi connectivity index (χ1) is 14.0. The molecule has 1 fully saturated rings. The van der Waals surface area contributed by atoms with Crippen molar-refractivity contribution in [1.29, 1.82) is 0 Å². The molecule has 0 spiro atoms. The van der Waals surface area contributed by atoms with Crippen molar-refractivity contribution in [2.75, 3.05) is 31.5 Å². The zero-order valence-electron chi connectivity index (χ0n) is 16.2. The lowest BCUT2D eigenvalue weighted by molar-refractivity contribution is -0.123. The zero-order chi connectivity index (χ0) is 20.6. The number of piperidine rings is 1. The third kappa shape index (κ3) is 6.13. The van der Waals surface area contributed by atoms with Crippen molar-refractivity contribution < 1.29 is 14.4 Å². The Kier molecular flexibility index (Phi) is 7.37. The summed E-state index contributed by atoms with van der Waals surface area (Å²) in [6.45, 7) is 3.07. The van der Waals surface area contributed by atoms with E-state index in [0.717, 1.165) is 32.4 Å². The van der Waals surface area contributed by atoms with Crippen LogP contribution in [0.3, 0.4) is 0 Å². The molecule has 3 rings (SSSR count). The monoisotopic (exact) mass is 414 g/mol. The fraction of sp³-hybridized carbons (Fsp3) is 0.381. The number of carbonyl (C=O) groups excluding carboxylic acids is 3. The Morgan fingerprint density at radius 2 is 1.93 bits per heavy atom. The molecule has 0 saturated carbocycles. The highest BCUT2D eigenvalue weighted by Gasteiger charge is 2.23. The number of primary amides is 1. The Hall–Kier alpha value is -2.71. The minimum Gasteiger partial charge on any atom is -0.369 e. The molecular formula is C21H26N4O3S. The van der Waals surface area contributed by atoms with Gasteiger partial charge in [0.05, 0.1) is 10.8 Å². The SMILES string of the molecule is NC(=O)C1CCCN(CCCNC(=O)c2ccc(NC(=O)c3cccs3)cc2)C1. The Bertz CT molecular complexity index is 836. The second kappa shape index (κ2) is 10.2. The van der Waals surface area contributed by atoms with E-state index in [1.807, 2.05) is 11.4 Å². The van der Waals surface area contributed by atoms with Crippen LogP contribution in [0.5, 0.6) is 0 Å². The van der Waals surface area contributed by atoms with Gasteiger partial charge in [0, 0.05) is 24.3 Å². The number of benzene rings is 1. The van der Waals surface area contributed by atoms with Gasteiger partial charge in [0.2, 0.25) is 5.91 Å². The van der Waals surface area contributed by atoms with E-state index in [1.54, 1.807) is 30.3 Å². The molecule has 0 radical (unpaired) electrons. The first-order valence-electron chi connectivity index (χ1n) is 9.77.